The van der Waals surface area contributed by atoms with Crippen LogP contribution in [0.3, 0.4) is 0 Å². The lowest BCUT2D eigenvalue weighted by Gasteiger charge is -2.51. The molecule has 5 aliphatic rings. The molecular weight excluding hydrogens is 1160 g/mol. The molecule has 0 aliphatic carbocycles. The van der Waals surface area contributed by atoms with Crippen LogP contribution in [0.4, 0.5) is 0 Å². The van der Waals surface area contributed by atoms with Crippen molar-refractivity contribution in [3.05, 3.63) is 0 Å². The molecule has 0 spiro atoms. The smallest absolute Gasteiger partial charge is 0.364 e. The zero-order valence-electron chi connectivity index (χ0n) is 46.0. The molecule has 5 heterocycles. The summed E-state index contributed by atoms with van der Waals surface area (Å²) in [5.41, 5.74) is 0. The molecule has 23 N–H and O–H groups in total. The Morgan fingerprint density at radius 2 is 1.02 bits per heavy atom. The van der Waals surface area contributed by atoms with Crippen molar-refractivity contribution < 1.29 is 168 Å². The highest BCUT2D eigenvalue weighted by atomic mass is 16.8. The van der Waals surface area contributed by atoms with E-state index in [-0.39, 0.29) is 0 Å². The van der Waals surface area contributed by atoms with Gasteiger partial charge in [0.05, 0.1) is 64.4 Å². The average molecular weight is 1250 g/mol. The van der Waals surface area contributed by atoms with Gasteiger partial charge in [-0.3, -0.25) is 19.2 Å². The molecule has 5 aliphatic heterocycles. The Bertz CT molecular complexity index is 2160. The van der Waals surface area contributed by atoms with Crippen LogP contribution in [-0.2, 0) is 71.3 Å². The van der Waals surface area contributed by atoms with E-state index in [1.165, 1.54) is 0 Å². The number of ether oxygens (including phenoxy) is 10. The van der Waals surface area contributed by atoms with Gasteiger partial charge in [0.25, 0.3) is 5.79 Å². The van der Waals surface area contributed by atoms with Gasteiger partial charge in [-0.05, 0) is 0 Å². The molecule has 0 aromatic heterocycles. The number of hydrogen-bond donors (Lipinski definition) is 23. The van der Waals surface area contributed by atoms with Crippen LogP contribution in [0.2, 0.25) is 0 Å². The summed E-state index contributed by atoms with van der Waals surface area (Å²) in [6.45, 7) is -3.68. The molecule has 38 nitrogen and oxygen atoms in total. The second-order valence-electron chi connectivity index (χ2n) is 20.9. The van der Waals surface area contributed by atoms with E-state index in [2.05, 4.69) is 21.3 Å². The maximum Gasteiger partial charge on any atom is 0.364 e. The third-order valence-electron chi connectivity index (χ3n) is 14.6. The van der Waals surface area contributed by atoms with E-state index in [4.69, 9.17) is 47.4 Å². The van der Waals surface area contributed by atoms with Gasteiger partial charge in [-0.1, -0.05) is 0 Å². The highest BCUT2D eigenvalue weighted by molar-refractivity contribution is 5.77. The molecule has 38 heteroatoms. The number of aliphatic hydroxyl groups excluding tert-OH is 18. The van der Waals surface area contributed by atoms with Gasteiger partial charge < -0.3 is 166 Å². The SMILES string of the molecule is CC(=O)N[C@H]1[C@H](OC[C@@H](O)[C@H](O)[C@H](O[C@@H]2O[C@H](CO)[C@@H](O)[C@H](O[C@@H]3O[C@H](CO)[C@H](O)[C@H](O)[C@H]3O)[C@H]2NC(C)=O)[C@H](CO)NC(C)=O)O[C@H](CO)[C@@H](O[C@@H]2O[C@H](CO)[C@H](O)[C@H](O[C@]3(C(=O)O)C[C@H](O)[C@@H](NC(C)=O)[C@H]([C@H](O)[C@H](O)CO)O3)[C@H]2O)[C@@H]1O. The molecule has 0 radical (unpaired) electrons. The lowest BCUT2D eigenvalue weighted by atomic mass is 9.88. The van der Waals surface area contributed by atoms with E-state index in [1.807, 2.05) is 0 Å². The predicted octanol–water partition coefficient (Wildman–Crippen LogP) is -14.7. The lowest BCUT2D eigenvalue weighted by Crippen LogP contribution is -2.71. The summed E-state index contributed by atoms with van der Waals surface area (Å²) in [6.07, 6.45) is -52.3. The van der Waals surface area contributed by atoms with Crippen LogP contribution in [0.15, 0.2) is 0 Å². The fourth-order valence-corrected chi connectivity index (χ4v) is 10.3. The number of amides is 4. The van der Waals surface area contributed by atoms with E-state index in [0.29, 0.717) is 0 Å². The van der Waals surface area contributed by atoms with Crippen LogP contribution >= 0.6 is 0 Å². The fraction of sp³-hybridized carbons (Fsp3) is 0.894. The molecule has 492 valence electrons. The Hall–Kier alpha value is -3.77. The molecular formula is C47H80N4O34. The number of hydrogen-bond acceptors (Lipinski definition) is 33. The van der Waals surface area contributed by atoms with Gasteiger partial charge in [0.2, 0.25) is 23.6 Å². The first kappa shape index (κ1) is 72.0. The van der Waals surface area contributed by atoms with Gasteiger partial charge in [-0.25, -0.2) is 4.79 Å². The minimum absolute atomic E-state index is 0.832. The lowest BCUT2D eigenvalue weighted by molar-refractivity contribution is -0.383. The van der Waals surface area contributed by atoms with Crippen molar-refractivity contribution in [3.63, 3.8) is 0 Å². The Kier molecular flexibility index (Phi) is 26.8. The van der Waals surface area contributed by atoms with Crippen LogP contribution in [0.5, 0.6) is 0 Å². The van der Waals surface area contributed by atoms with Gasteiger partial charge in [0.1, 0.15) is 134 Å². The average Bonchev–Trinajstić information content (AvgIpc) is 2.01. The van der Waals surface area contributed by atoms with E-state index >= 15 is 0 Å². The highest BCUT2D eigenvalue weighted by Crippen LogP contribution is 2.39. The molecule has 5 rings (SSSR count). The van der Waals surface area contributed by atoms with Gasteiger partial charge >= 0.3 is 5.97 Å². The van der Waals surface area contributed by atoms with Crippen LogP contribution in [0.25, 0.3) is 0 Å². The summed E-state index contributed by atoms with van der Waals surface area (Å²) in [5, 5.41) is 214. The van der Waals surface area contributed by atoms with Crippen molar-refractivity contribution in [1.82, 2.24) is 21.3 Å². The fourth-order valence-electron chi connectivity index (χ4n) is 10.3. The molecule has 0 saturated carbocycles. The van der Waals surface area contributed by atoms with Crippen molar-refractivity contribution in [1.29, 1.82) is 0 Å². The van der Waals surface area contributed by atoms with Crippen LogP contribution < -0.4 is 21.3 Å². The second kappa shape index (κ2) is 31.6. The third kappa shape index (κ3) is 16.9. The summed E-state index contributed by atoms with van der Waals surface area (Å²) < 4.78 is 57.3. The molecule has 0 bridgehead atoms. The molecule has 0 aromatic carbocycles. The molecule has 0 unspecified atom stereocenters. The van der Waals surface area contributed by atoms with Crippen LogP contribution in [0, 0.1) is 0 Å². The zero-order chi connectivity index (χ0) is 63.7. The Balaban J connectivity index is 1.40. The molecule has 30 atom stereocenters. The standard InChI is InChI=1S/C47H80N4O34/c1-13(58)48-17(6-52)37(81-43-27(51-16(4)61)39(31(68)22(9-55)77-43)83-44-35(72)34(71)30(67)21(8-54)78-44)29(66)20(64)12-76-42-26(50-15(3)60)33(70)38(24(11-57)80-42)82-45-36(73)41(32(69)23(10-56)79-45)85-47(46(74)75)5-18(62)25(49-14(2)59)40(84-47)28(65)19(63)7-53/h17-45,52-57,62-73H,5-12H2,1-4H3,(H,48,58)(H,49,59)(H,50,60)(H,51,61)(H,74,75)/t17-,18-,19+,20+,21+,22+,23+,24+,25+,26+,27+,28+,29-,30-,31+,32-,33+,34-,35+,36+,37+,38+,39+,40+,41-,42+,43-,44-,45-,47-/m0/s1. The van der Waals surface area contributed by atoms with E-state index in [0.717, 1.165) is 27.7 Å². The summed E-state index contributed by atoms with van der Waals surface area (Å²) >= 11 is 0. The summed E-state index contributed by atoms with van der Waals surface area (Å²) in [7, 11) is 0. The van der Waals surface area contributed by atoms with Crippen LogP contribution in [-0.4, -0.2) is 356 Å². The van der Waals surface area contributed by atoms with Crippen molar-refractivity contribution in [3.8, 4) is 0 Å². The first-order valence-electron chi connectivity index (χ1n) is 26.6. The number of carboxylic acids is 1. The topological polar surface area (TPSA) is 610 Å². The van der Waals surface area contributed by atoms with Crippen molar-refractivity contribution in [2.75, 3.05) is 46.2 Å². The number of carbonyl (C=O) groups excluding carboxylic acids is 4. The molecule has 5 saturated heterocycles. The minimum Gasteiger partial charge on any atom is -0.477 e. The Morgan fingerprint density at radius 3 is 1.54 bits per heavy atom. The normalized spacial score (nSPS) is 41.0. The van der Waals surface area contributed by atoms with Gasteiger partial charge in [0, 0.05) is 34.1 Å². The van der Waals surface area contributed by atoms with Gasteiger partial charge in [0.15, 0.2) is 25.2 Å². The predicted molar refractivity (Wildman–Crippen MR) is 265 cm³/mol. The molecule has 5 fully saturated rings. The highest BCUT2D eigenvalue weighted by Gasteiger charge is 2.61. The summed E-state index contributed by atoms with van der Waals surface area (Å²) in [5.74, 6) is -8.78. The molecule has 0 aromatic rings. The van der Waals surface area contributed by atoms with Crippen molar-refractivity contribution in [2.24, 2.45) is 0 Å². The minimum atomic E-state index is -3.21. The van der Waals surface area contributed by atoms with Crippen molar-refractivity contribution in [2.45, 2.75) is 217 Å². The maximum atomic E-state index is 13.0. The first-order chi connectivity index (χ1) is 39.9. The number of carboxylic acid groups (broad SMARTS) is 1. The molecule has 85 heavy (non-hydrogen) atoms. The van der Waals surface area contributed by atoms with E-state index in [1.54, 1.807) is 0 Å². The number of aliphatic carboxylic acids is 1. The summed E-state index contributed by atoms with van der Waals surface area (Å²) in [6, 6.07) is -7.03. The summed E-state index contributed by atoms with van der Waals surface area (Å²) in [4.78, 5) is 62.8. The monoisotopic (exact) mass is 1240 g/mol. The zero-order valence-corrected chi connectivity index (χ0v) is 46.0. The maximum absolute atomic E-state index is 13.0. The Morgan fingerprint density at radius 1 is 0.529 bits per heavy atom. The van der Waals surface area contributed by atoms with Crippen LogP contribution in [0.1, 0.15) is 34.1 Å². The van der Waals surface area contributed by atoms with Crippen molar-refractivity contribution >= 4 is 29.6 Å². The number of nitrogens with one attached hydrogen (secondary N) is 4. The third-order valence-corrected chi connectivity index (χ3v) is 14.6. The second-order valence-corrected chi connectivity index (χ2v) is 20.9. The van der Waals surface area contributed by atoms with Gasteiger partial charge in [-0.2, -0.15) is 0 Å². The quantitative estimate of drug-likeness (QED) is 0.0363. The first-order valence-corrected chi connectivity index (χ1v) is 26.6. The van der Waals surface area contributed by atoms with E-state index < -0.39 is 266 Å². The number of carbonyl (C=O) groups is 5. The number of aliphatic hydroxyl groups is 18. The van der Waals surface area contributed by atoms with E-state index in [9.17, 15) is 121 Å². The molecule has 4 amide bonds. The largest absolute Gasteiger partial charge is 0.477 e. The Labute approximate surface area is 482 Å². The number of rotatable bonds is 27. The van der Waals surface area contributed by atoms with Gasteiger partial charge in [-0.15, -0.1) is 0 Å².